The van der Waals surface area contributed by atoms with Gasteiger partial charge in [0.15, 0.2) is 11.5 Å². The number of hydrogen-bond acceptors (Lipinski definition) is 3. The fourth-order valence-corrected chi connectivity index (χ4v) is 2.81. The summed E-state index contributed by atoms with van der Waals surface area (Å²) in [5, 5.41) is -1.52. The van der Waals surface area contributed by atoms with Crippen LogP contribution in [0.15, 0.2) is 18.2 Å². The lowest BCUT2D eigenvalue weighted by atomic mass is 9.59. The summed E-state index contributed by atoms with van der Waals surface area (Å²) in [5.74, 6) is -8.41. The molecule has 108 valence electrons. The monoisotopic (exact) mass is 310 g/mol. The van der Waals surface area contributed by atoms with Crippen LogP contribution in [0.3, 0.4) is 0 Å². The minimum atomic E-state index is -4.55. The number of halogens is 5. The molecule has 0 N–H and O–H groups in total. The van der Waals surface area contributed by atoms with Gasteiger partial charge in [0, 0.05) is 6.42 Å². The van der Waals surface area contributed by atoms with E-state index in [0.717, 1.165) is 12.1 Å². The van der Waals surface area contributed by atoms with Gasteiger partial charge in [-0.1, -0.05) is 6.07 Å². The van der Waals surface area contributed by atoms with Gasteiger partial charge < -0.3 is 9.47 Å². The molecule has 1 atom stereocenters. The number of alkyl halides is 4. The zero-order valence-corrected chi connectivity index (χ0v) is 10.5. The van der Waals surface area contributed by atoms with Crippen LogP contribution in [0.5, 0.6) is 11.5 Å². The Morgan fingerprint density at radius 3 is 2.35 bits per heavy atom. The molecule has 1 aliphatic carbocycles. The standard InChI is InChI=1S/C12H7ClF4O3/c13-9(18)10(4-11(14,15)12(10,16)17)6-1-2-7-8(3-6)20-5-19-7/h1-3H,4-5H2. The quantitative estimate of drug-likeness (QED) is 0.622. The lowest BCUT2D eigenvalue weighted by Gasteiger charge is -2.51. The van der Waals surface area contributed by atoms with Crippen LogP contribution in [0.1, 0.15) is 12.0 Å². The Labute approximate surface area is 115 Å². The molecule has 1 unspecified atom stereocenters. The fourth-order valence-electron chi connectivity index (χ4n) is 2.51. The maximum absolute atomic E-state index is 13.8. The molecule has 0 aromatic heterocycles. The van der Waals surface area contributed by atoms with E-state index in [1.165, 1.54) is 6.07 Å². The normalized spacial score (nSPS) is 28.9. The average molecular weight is 311 g/mol. The molecule has 0 amide bonds. The Kier molecular flexibility index (Phi) is 2.55. The van der Waals surface area contributed by atoms with Crippen molar-refractivity contribution >= 4 is 16.8 Å². The number of carbonyl (C=O) groups excluding carboxylic acids is 1. The van der Waals surface area contributed by atoms with Gasteiger partial charge in [0.05, 0.1) is 0 Å². The first kappa shape index (κ1) is 13.5. The highest BCUT2D eigenvalue weighted by molar-refractivity contribution is 6.66. The number of fused-ring (bicyclic) bond motifs is 1. The maximum Gasteiger partial charge on any atom is 0.328 e. The second-order valence-corrected chi connectivity index (χ2v) is 5.05. The number of rotatable bonds is 2. The predicted molar refractivity (Wildman–Crippen MR) is 59.6 cm³/mol. The molecule has 1 fully saturated rings. The summed E-state index contributed by atoms with van der Waals surface area (Å²) in [6, 6.07) is 3.49. The van der Waals surface area contributed by atoms with Crippen LogP contribution in [0.4, 0.5) is 17.6 Å². The lowest BCUT2D eigenvalue weighted by Crippen LogP contribution is -2.71. The molecule has 2 aliphatic rings. The zero-order valence-electron chi connectivity index (χ0n) is 9.76. The van der Waals surface area contributed by atoms with Crippen LogP contribution in [0.2, 0.25) is 0 Å². The topological polar surface area (TPSA) is 35.5 Å². The Bertz CT molecular complexity index is 604. The van der Waals surface area contributed by atoms with Crippen LogP contribution >= 0.6 is 11.6 Å². The first-order valence-electron chi connectivity index (χ1n) is 5.58. The lowest BCUT2D eigenvalue weighted by molar-refractivity contribution is -0.316. The zero-order chi connectivity index (χ0) is 14.8. The van der Waals surface area contributed by atoms with Gasteiger partial charge >= 0.3 is 11.8 Å². The van der Waals surface area contributed by atoms with E-state index >= 15 is 0 Å². The number of carbonyl (C=O) groups is 1. The second-order valence-electron chi connectivity index (χ2n) is 4.70. The van der Waals surface area contributed by atoms with E-state index in [9.17, 15) is 22.4 Å². The highest BCUT2D eigenvalue weighted by Crippen LogP contribution is 2.65. The van der Waals surface area contributed by atoms with E-state index in [1.54, 1.807) is 0 Å². The minimum Gasteiger partial charge on any atom is -0.454 e. The molecule has 1 aromatic rings. The number of hydrogen-bond donors (Lipinski definition) is 0. The summed E-state index contributed by atoms with van der Waals surface area (Å²) < 4.78 is 63.8. The Hall–Kier alpha value is -1.50. The van der Waals surface area contributed by atoms with Crippen molar-refractivity contribution in [2.45, 2.75) is 23.7 Å². The van der Waals surface area contributed by atoms with Crippen molar-refractivity contribution in [3.05, 3.63) is 23.8 Å². The molecular formula is C12H7ClF4O3. The summed E-state index contributed by atoms with van der Waals surface area (Å²) >= 11 is 5.21. The van der Waals surface area contributed by atoms with Gasteiger partial charge in [-0.25, -0.2) is 0 Å². The van der Waals surface area contributed by atoms with E-state index in [0.29, 0.717) is 5.75 Å². The number of ether oxygens (including phenoxy) is 2. The van der Waals surface area contributed by atoms with Crippen LogP contribution in [-0.2, 0) is 10.2 Å². The fraction of sp³-hybridized carbons (Fsp3) is 0.417. The third kappa shape index (κ3) is 1.38. The molecule has 1 aromatic carbocycles. The van der Waals surface area contributed by atoms with Crippen molar-refractivity contribution in [3.8, 4) is 11.5 Å². The predicted octanol–water partition coefficient (Wildman–Crippen LogP) is 3.09. The van der Waals surface area contributed by atoms with Crippen LogP contribution < -0.4 is 9.47 Å². The highest BCUT2D eigenvalue weighted by atomic mass is 35.5. The van der Waals surface area contributed by atoms with Gasteiger partial charge in [0.1, 0.15) is 5.41 Å². The van der Waals surface area contributed by atoms with Crippen molar-refractivity contribution in [2.75, 3.05) is 6.79 Å². The first-order chi connectivity index (χ1) is 9.22. The Balaban J connectivity index is 2.12. The van der Waals surface area contributed by atoms with E-state index in [-0.39, 0.29) is 18.1 Å². The van der Waals surface area contributed by atoms with Crippen molar-refractivity contribution < 1.29 is 31.8 Å². The SMILES string of the molecule is O=C(Cl)C1(c2ccc3c(c2)OCO3)CC(F)(F)C1(F)F. The van der Waals surface area contributed by atoms with Gasteiger partial charge in [-0.3, -0.25) is 4.79 Å². The summed E-state index contributed by atoms with van der Waals surface area (Å²) in [7, 11) is 0. The molecule has 0 saturated heterocycles. The largest absolute Gasteiger partial charge is 0.454 e. The first-order valence-corrected chi connectivity index (χ1v) is 5.96. The van der Waals surface area contributed by atoms with Gasteiger partial charge in [-0.2, -0.15) is 17.6 Å². The average Bonchev–Trinajstić information content (AvgIpc) is 2.82. The number of benzene rings is 1. The van der Waals surface area contributed by atoms with E-state index in [1.807, 2.05) is 0 Å². The molecule has 1 aliphatic heterocycles. The Morgan fingerprint density at radius 2 is 1.80 bits per heavy atom. The molecule has 1 saturated carbocycles. The van der Waals surface area contributed by atoms with Crippen molar-refractivity contribution in [1.82, 2.24) is 0 Å². The van der Waals surface area contributed by atoms with Gasteiger partial charge in [-0.05, 0) is 29.3 Å². The molecular weight excluding hydrogens is 304 g/mol. The Morgan fingerprint density at radius 1 is 1.15 bits per heavy atom. The second kappa shape index (κ2) is 3.78. The van der Waals surface area contributed by atoms with Crippen molar-refractivity contribution in [1.29, 1.82) is 0 Å². The molecule has 1 heterocycles. The molecule has 0 radical (unpaired) electrons. The van der Waals surface area contributed by atoms with E-state index in [2.05, 4.69) is 0 Å². The molecule has 20 heavy (non-hydrogen) atoms. The van der Waals surface area contributed by atoms with Gasteiger partial charge in [0.25, 0.3) is 0 Å². The summed E-state index contributed by atoms with van der Waals surface area (Å²) in [6.45, 7) is -0.104. The molecule has 8 heteroatoms. The van der Waals surface area contributed by atoms with Crippen molar-refractivity contribution in [2.24, 2.45) is 0 Å². The highest BCUT2D eigenvalue weighted by Gasteiger charge is 2.83. The molecule has 0 spiro atoms. The smallest absolute Gasteiger partial charge is 0.328 e. The van der Waals surface area contributed by atoms with Crippen LogP contribution in [0, 0.1) is 0 Å². The van der Waals surface area contributed by atoms with Gasteiger partial charge in [0.2, 0.25) is 12.0 Å². The maximum atomic E-state index is 13.8. The van der Waals surface area contributed by atoms with Gasteiger partial charge in [-0.15, -0.1) is 0 Å². The van der Waals surface area contributed by atoms with E-state index < -0.39 is 28.9 Å². The summed E-state index contributed by atoms with van der Waals surface area (Å²) in [4.78, 5) is 11.4. The van der Waals surface area contributed by atoms with Crippen LogP contribution in [-0.4, -0.2) is 23.9 Å². The van der Waals surface area contributed by atoms with E-state index in [4.69, 9.17) is 21.1 Å². The third-order valence-electron chi connectivity index (χ3n) is 3.68. The summed E-state index contributed by atoms with van der Waals surface area (Å²) in [6.07, 6.45) is -1.34. The van der Waals surface area contributed by atoms with Crippen LogP contribution in [0.25, 0.3) is 0 Å². The molecule has 3 nitrogen and oxygen atoms in total. The molecule has 3 rings (SSSR count). The van der Waals surface area contributed by atoms with Crippen molar-refractivity contribution in [3.63, 3.8) is 0 Å². The summed E-state index contributed by atoms with van der Waals surface area (Å²) in [5.41, 5.74) is -3.04. The molecule has 0 bridgehead atoms. The third-order valence-corrected chi connectivity index (χ3v) is 4.01. The minimum absolute atomic E-state index is 0.104.